The van der Waals surface area contributed by atoms with Crippen LogP contribution in [0.15, 0.2) is 24.4 Å². The highest BCUT2D eigenvalue weighted by Crippen LogP contribution is 2.31. The number of halogens is 2. The number of β-amino-alcohol motifs (C(OH)–C–C–N with tert-alkyl or cyclic N) is 1. The molecule has 21 heavy (non-hydrogen) atoms. The molecule has 3 rings (SSSR count). The van der Waals surface area contributed by atoms with Gasteiger partial charge >= 0.3 is 0 Å². The van der Waals surface area contributed by atoms with Gasteiger partial charge in [-0.25, -0.2) is 0 Å². The first-order valence-corrected chi connectivity index (χ1v) is 7.57. The zero-order chi connectivity index (χ0) is 14.9. The molecule has 1 aliphatic heterocycles. The van der Waals surface area contributed by atoms with Gasteiger partial charge in [0.15, 0.2) is 0 Å². The van der Waals surface area contributed by atoms with E-state index in [-0.39, 0.29) is 0 Å². The van der Waals surface area contributed by atoms with E-state index < -0.39 is 5.60 Å². The van der Waals surface area contributed by atoms with Crippen molar-refractivity contribution in [3.8, 4) is 0 Å². The number of likely N-dealkylation sites (tertiary alicyclic amines) is 1. The lowest BCUT2D eigenvalue weighted by atomic mass is 9.90. The Morgan fingerprint density at radius 1 is 1.38 bits per heavy atom. The van der Waals surface area contributed by atoms with E-state index in [9.17, 15) is 5.11 Å². The summed E-state index contributed by atoms with van der Waals surface area (Å²) >= 11 is 12.1. The first-order chi connectivity index (χ1) is 10.1. The standard InChI is InChI=1S/C14H16Cl2N4O/c15-11-3-2-10(12(16)6-11)8-20-5-1-4-14(21,9-20)13-7-17-19-18-13/h2-3,6-7,21H,1,4-5,8-9H2,(H,17,18,19). The van der Waals surface area contributed by atoms with Crippen molar-refractivity contribution in [2.45, 2.75) is 25.0 Å². The summed E-state index contributed by atoms with van der Waals surface area (Å²) in [6.07, 6.45) is 3.16. The number of nitrogens with one attached hydrogen (secondary N) is 1. The van der Waals surface area contributed by atoms with Gasteiger partial charge in [0.25, 0.3) is 0 Å². The second-order valence-electron chi connectivity index (χ2n) is 5.44. The molecular weight excluding hydrogens is 311 g/mol. The van der Waals surface area contributed by atoms with Crippen LogP contribution in [0.3, 0.4) is 0 Å². The number of H-pyrrole nitrogens is 1. The summed E-state index contributed by atoms with van der Waals surface area (Å²) in [7, 11) is 0. The Labute approximate surface area is 132 Å². The van der Waals surface area contributed by atoms with Crippen molar-refractivity contribution < 1.29 is 5.11 Å². The fourth-order valence-corrected chi connectivity index (χ4v) is 3.25. The van der Waals surface area contributed by atoms with Gasteiger partial charge in [0.2, 0.25) is 0 Å². The van der Waals surface area contributed by atoms with Crippen molar-refractivity contribution in [2.24, 2.45) is 0 Å². The molecule has 0 saturated carbocycles. The average Bonchev–Trinajstić information content (AvgIpc) is 2.97. The van der Waals surface area contributed by atoms with Crippen LogP contribution in [0.5, 0.6) is 0 Å². The van der Waals surface area contributed by atoms with E-state index in [1.807, 2.05) is 12.1 Å². The van der Waals surface area contributed by atoms with Crippen LogP contribution in [0.4, 0.5) is 0 Å². The Hall–Kier alpha value is -1.14. The van der Waals surface area contributed by atoms with E-state index in [0.29, 0.717) is 35.2 Å². The van der Waals surface area contributed by atoms with Crippen molar-refractivity contribution in [1.29, 1.82) is 0 Å². The quantitative estimate of drug-likeness (QED) is 0.909. The number of benzene rings is 1. The van der Waals surface area contributed by atoms with Crippen LogP contribution < -0.4 is 0 Å². The SMILES string of the molecule is OC1(c2cn[nH]n2)CCCN(Cc2ccc(Cl)cc2Cl)C1. The fourth-order valence-electron chi connectivity index (χ4n) is 2.78. The maximum atomic E-state index is 10.8. The van der Waals surface area contributed by atoms with E-state index >= 15 is 0 Å². The van der Waals surface area contributed by atoms with Crippen molar-refractivity contribution in [3.05, 3.63) is 45.7 Å². The lowest BCUT2D eigenvalue weighted by molar-refractivity contribution is -0.0414. The molecule has 1 aromatic heterocycles. The van der Waals surface area contributed by atoms with E-state index in [4.69, 9.17) is 23.2 Å². The molecule has 1 aliphatic rings. The van der Waals surface area contributed by atoms with E-state index in [2.05, 4.69) is 20.3 Å². The number of aliphatic hydroxyl groups is 1. The first kappa shape index (κ1) is 14.8. The summed E-state index contributed by atoms with van der Waals surface area (Å²) in [5.74, 6) is 0. The molecular formula is C14H16Cl2N4O. The summed E-state index contributed by atoms with van der Waals surface area (Å²) in [4.78, 5) is 2.17. The molecule has 0 bridgehead atoms. The molecule has 1 fully saturated rings. The Morgan fingerprint density at radius 2 is 2.24 bits per heavy atom. The van der Waals surface area contributed by atoms with E-state index in [1.54, 1.807) is 12.3 Å². The second kappa shape index (κ2) is 5.93. The Morgan fingerprint density at radius 3 is 2.95 bits per heavy atom. The van der Waals surface area contributed by atoms with Gasteiger partial charge in [-0.2, -0.15) is 15.4 Å². The number of piperidine rings is 1. The highest BCUT2D eigenvalue weighted by molar-refractivity contribution is 6.35. The molecule has 5 nitrogen and oxygen atoms in total. The van der Waals surface area contributed by atoms with Gasteiger partial charge in [-0.15, -0.1) is 0 Å². The van der Waals surface area contributed by atoms with Gasteiger partial charge in [0, 0.05) is 23.1 Å². The largest absolute Gasteiger partial charge is 0.382 e. The molecule has 1 aromatic carbocycles. The van der Waals surface area contributed by atoms with Crippen molar-refractivity contribution in [2.75, 3.05) is 13.1 Å². The summed E-state index contributed by atoms with van der Waals surface area (Å²) in [5, 5.41) is 22.4. The van der Waals surface area contributed by atoms with Crippen LogP contribution in [0.2, 0.25) is 10.0 Å². The third kappa shape index (κ3) is 3.21. The smallest absolute Gasteiger partial charge is 0.123 e. The molecule has 2 N–H and O–H groups in total. The highest BCUT2D eigenvalue weighted by Gasteiger charge is 2.37. The maximum absolute atomic E-state index is 10.8. The zero-order valence-electron chi connectivity index (χ0n) is 11.4. The monoisotopic (exact) mass is 326 g/mol. The molecule has 1 unspecified atom stereocenters. The Bertz CT molecular complexity index is 619. The number of aromatic nitrogens is 3. The summed E-state index contributed by atoms with van der Waals surface area (Å²) in [5.41, 5.74) is 0.643. The minimum absolute atomic E-state index is 0.512. The number of nitrogens with zero attached hydrogens (tertiary/aromatic N) is 3. The van der Waals surface area contributed by atoms with Crippen LogP contribution in [0.25, 0.3) is 0 Å². The highest BCUT2D eigenvalue weighted by atomic mass is 35.5. The molecule has 2 aromatic rings. The zero-order valence-corrected chi connectivity index (χ0v) is 12.9. The Kier molecular flexibility index (Phi) is 4.17. The average molecular weight is 327 g/mol. The third-order valence-corrected chi connectivity index (χ3v) is 4.44. The van der Waals surface area contributed by atoms with Gasteiger partial charge in [0.1, 0.15) is 11.3 Å². The van der Waals surface area contributed by atoms with Gasteiger partial charge in [-0.05, 0) is 37.1 Å². The Balaban J connectivity index is 1.74. The van der Waals surface area contributed by atoms with Crippen LogP contribution in [0, 0.1) is 0 Å². The predicted octanol–water partition coefficient (Wildman–Crippen LogP) is 2.60. The molecule has 112 valence electrons. The summed E-state index contributed by atoms with van der Waals surface area (Å²) < 4.78 is 0. The number of rotatable bonds is 3. The van der Waals surface area contributed by atoms with E-state index in [1.165, 1.54) is 0 Å². The molecule has 0 amide bonds. The molecule has 0 radical (unpaired) electrons. The third-order valence-electron chi connectivity index (χ3n) is 3.85. The fraction of sp³-hybridized carbons (Fsp3) is 0.429. The van der Waals surface area contributed by atoms with Crippen molar-refractivity contribution >= 4 is 23.2 Å². The molecule has 7 heteroatoms. The van der Waals surface area contributed by atoms with Crippen LogP contribution in [-0.2, 0) is 12.1 Å². The van der Waals surface area contributed by atoms with E-state index in [0.717, 1.165) is 18.5 Å². The first-order valence-electron chi connectivity index (χ1n) is 6.82. The summed E-state index contributed by atoms with van der Waals surface area (Å²) in [6, 6.07) is 5.50. The minimum Gasteiger partial charge on any atom is -0.382 e. The van der Waals surface area contributed by atoms with Gasteiger partial charge in [-0.3, -0.25) is 4.90 Å². The molecule has 0 aliphatic carbocycles. The van der Waals surface area contributed by atoms with Crippen LogP contribution >= 0.6 is 23.2 Å². The maximum Gasteiger partial charge on any atom is 0.123 e. The topological polar surface area (TPSA) is 65.0 Å². The summed E-state index contributed by atoms with van der Waals surface area (Å²) in [6.45, 7) is 2.10. The molecule has 2 heterocycles. The number of hydrogen-bond acceptors (Lipinski definition) is 4. The van der Waals surface area contributed by atoms with Gasteiger partial charge < -0.3 is 5.11 Å². The number of aromatic amines is 1. The van der Waals surface area contributed by atoms with Crippen LogP contribution in [0.1, 0.15) is 24.1 Å². The van der Waals surface area contributed by atoms with Crippen molar-refractivity contribution in [3.63, 3.8) is 0 Å². The minimum atomic E-state index is -0.954. The molecule has 0 spiro atoms. The van der Waals surface area contributed by atoms with Gasteiger partial charge in [-0.1, -0.05) is 29.3 Å². The normalized spacial score (nSPS) is 23.4. The number of hydrogen-bond donors (Lipinski definition) is 2. The van der Waals surface area contributed by atoms with Gasteiger partial charge in [0.05, 0.1) is 6.20 Å². The predicted molar refractivity (Wildman–Crippen MR) is 81.3 cm³/mol. The lowest BCUT2D eigenvalue weighted by Gasteiger charge is -2.38. The second-order valence-corrected chi connectivity index (χ2v) is 6.28. The van der Waals surface area contributed by atoms with Crippen molar-refractivity contribution in [1.82, 2.24) is 20.3 Å². The van der Waals surface area contributed by atoms with Crippen LogP contribution in [-0.4, -0.2) is 38.5 Å². The lowest BCUT2D eigenvalue weighted by Crippen LogP contribution is -2.45. The molecule has 1 saturated heterocycles. The molecule has 1 atom stereocenters.